The molecule has 0 aromatic rings. The molecule has 3 fully saturated rings. The Kier molecular flexibility index (Phi) is 6.29. The van der Waals surface area contributed by atoms with E-state index < -0.39 is 11.5 Å². The third kappa shape index (κ3) is 4.06. The van der Waals surface area contributed by atoms with Gasteiger partial charge in [0.1, 0.15) is 6.17 Å². The van der Waals surface area contributed by atoms with Gasteiger partial charge in [-0.05, 0) is 81.0 Å². The average Bonchev–Trinajstić information content (AvgIpc) is 2.58. The third-order valence-corrected chi connectivity index (χ3v) is 7.83. The highest BCUT2D eigenvalue weighted by atomic mass is 35.5. The number of alkyl halides is 2. The summed E-state index contributed by atoms with van der Waals surface area (Å²) >= 11 is 6.31. The summed E-state index contributed by atoms with van der Waals surface area (Å²) in [6.07, 6.45) is 11.7. The Morgan fingerprint density at radius 3 is 1.87 bits per heavy atom. The molecule has 0 saturated heterocycles. The van der Waals surface area contributed by atoms with Crippen LogP contribution in [0.1, 0.15) is 71.1 Å². The van der Waals surface area contributed by atoms with Crippen LogP contribution in [0.3, 0.4) is 0 Å². The van der Waals surface area contributed by atoms with Gasteiger partial charge in [-0.2, -0.15) is 0 Å². The zero-order valence-corrected chi connectivity index (χ0v) is 15.6. The normalized spacial score (nSPS) is 49.0. The van der Waals surface area contributed by atoms with Crippen LogP contribution in [0, 0.1) is 29.6 Å². The molecule has 134 valence electrons. The fraction of sp³-hybridized carbons (Fsp3) is 1.00. The smallest absolute Gasteiger partial charge is 0.122 e. The molecule has 4 unspecified atom stereocenters. The van der Waals surface area contributed by atoms with E-state index in [1.807, 2.05) is 0 Å². The van der Waals surface area contributed by atoms with Gasteiger partial charge in [0.25, 0.3) is 0 Å². The molecule has 1 nitrogen and oxygen atoms in total. The number of hydrogen-bond acceptors (Lipinski definition) is 1. The van der Waals surface area contributed by atoms with Gasteiger partial charge in [-0.15, -0.1) is 11.6 Å². The van der Waals surface area contributed by atoms with Crippen LogP contribution < -0.4 is 0 Å². The van der Waals surface area contributed by atoms with Gasteiger partial charge in [-0.1, -0.05) is 19.8 Å². The van der Waals surface area contributed by atoms with Crippen LogP contribution in [0.5, 0.6) is 0 Å². The number of ether oxygens (including phenoxy) is 1. The second kappa shape index (κ2) is 8.04. The minimum absolute atomic E-state index is 0.0940. The third-order valence-electron chi connectivity index (χ3n) is 7.30. The van der Waals surface area contributed by atoms with Crippen molar-refractivity contribution in [3.8, 4) is 0 Å². The lowest BCUT2D eigenvalue weighted by Gasteiger charge is -2.43. The lowest BCUT2D eigenvalue weighted by molar-refractivity contribution is -0.00681. The van der Waals surface area contributed by atoms with Crippen LogP contribution in [0.15, 0.2) is 0 Å². The molecule has 0 heterocycles. The monoisotopic (exact) mass is 344 g/mol. The summed E-state index contributed by atoms with van der Waals surface area (Å²) in [5.74, 6) is 3.54. The second-order valence-electron chi connectivity index (χ2n) is 8.60. The Morgan fingerprint density at radius 2 is 1.30 bits per heavy atom. The maximum atomic E-state index is 14.7. The van der Waals surface area contributed by atoms with E-state index in [1.54, 1.807) is 7.11 Å². The maximum absolute atomic E-state index is 14.7. The molecule has 23 heavy (non-hydrogen) atoms. The molecule has 3 heteroatoms. The van der Waals surface area contributed by atoms with E-state index in [0.717, 1.165) is 30.6 Å². The Balaban J connectivity index is 1.49. The summed E-state index contributed by atoms with van der Waals surface area (Å²) in [6, 6.07) is 0. The fourth-order valence-corrected chi connectivity index (χ4v) is 6.08. The van der Waals surface area contributed by atoms with Gasteiger partial charge in [0, 0.05) is 7.11 Å². The van der Waals surface area contributed by atoms with Crippen LogP contribution in [0.25, 0.3) is 0 Å². The summed E-state index contributed by atoms with van der Waals surface area (Å²) < 4.78 is 20.1. The van der Waals surface area contributed by atoms with E-state index in [1.165, 1.54) is 51.4 Å². The molecule has 0 aromatic carbocycles. The van der Waals surface area contributed by atoms with Crippen LogP contribution >= 0.6 is 11.6 Å². The molecule has 0 N–H and O–H groups in total. The minimum Gasteiger partial charge on any atom is -0.380 e. The van der Waals surface area contributed by atoms with Crippen molar-refractivity contribution in [1.29, 1.82) is 0 Å². The van der Waals surface area contributed by atoms with Crippen molar-refractivity contribution in [3.63, 3.8) is 0 Å². The molecule has 3 rings (SSSR count). The SMILES string of the molecule is COC1CCC(C2CCC(C3CCC(C)CC3)CC2)C(F)C1Cl. The molecule has 3 saturated carbocycles. The Bertz CT molecular complexity index is 361. The largest absolute Gasteiger partial charge is 0.380 e. The van der Waals surface area contributed by atoms with Gasteiger partial charge < -0.3 is 4.74 Å². The number of rotatable bonds is 3. The Labute approximate surface area is 146 Å². The van der Waals surface area contributed by atoms with Crippen molar-refractivity contribution in [2.24, 2.45) is 29.6 Å². The van der Waals surface area contributed by atoms with Gasteiger partial charge in [-0.25, -0.2) is 4.39 Å². The lowest BCUT2D eigenvalue weighted by atomic mass is 9.65. The highest BCUT2D eigenvalue weighted by molar-refractivity contribution is 6.21. The zero-order valence-electron chi connectivity index (χ0n) is 14.9. The highest BCUT2D eigenvalue weighted by Crippen LogP contribution is 2.46. The molecule has 0 aliphatic heterocycles. The van der Waals surface area contributed by atoms with E-state index in [9.17, 15) is 4.39 Å². The molecule has 0 bridgehead atoms. The molecular weight excluding hydrogens is 311 g/mol. The van der Waals surface area contributed by atoms with Crippen molar-refractivity contribution >= 4 is 11.6 Å². The van der Waals surface area contributed by atoms with E-state index in [2.05, 4.69) is 6.92 Å². The summed E-state index contributed by atoms with van der Waals surface area (Å²) in [5.41, 5.74) is 0. The topological polar surface area (TPSA) is 9.23 Å². The zero-order chi connectivity index (χ0) is 16.4. The highest BCUT2D eigenvalue weighted by Gasteiger charge is 2.43. The van der Waals surface area contributed by atoms with E-state index in [-0.39, 0.29) is 12.0 Å². The predicted octanol–water partition coefficient (Wildman–Crippen LogP) is 5.99. The van der Waals surface area contributed by atoms with Crippen LogP contribution in [-0.2, 0) is 4.74 Å². The van der Waals surface area contributed by atoms with Gasteiger partial charge >= 0.3 is 0 Å². The molecule has 0 amide bonds. The van der Waals surface area contributed by atoms with E-state index >= 15 is 0 Å². The second-order valence-corrected chi connectivity index (χ2v) is 9.10. The molecular formula is C20H34ClFO. The molecule has 0 radical (unpaired) electrons. The van der Waals surface area contributed by atoms with Crippen molar-refractivity contribution in [2.75, 3.05) is 7.11 Å². The standard InChI is InChI=1S/C20H34ClFO/c1-13-3-5-14(6-4-13)15-7-9-16(10-8-15)17-11-12-18(23-2)19(21)20(17)22/h13-20H,3-12H2,1-2H3. The first-order chi connectivity index (χ1) is 11.1. The van der Waals surface area contributed by atoms with Crippen molar-refractivity contribution in [1.82, 2.24) is 0 Å². The van der Waals surface area contributed by atoms with Crippen LogP contribution in [0.4, 0.5) is 4.39 Å². The molecule has 0 spiro atoms. The maximum Gasteiger partial charge on any atom is 0.122 e. The van der Waals surface area contributed by atoms with Gasteiger partial charge in [0.2, 0.25) is 0 Å². The number of methoxy groups -OCH3 is 1. The number of hydrogen-bond donors (Lipinski definition) is 0. The lowest BCUT2D eigenvalue weighted by Crippen LogP contribution is -2.45. The summed E-state index contributed by atoms with van der Waals surface area (Å²) in [6.45, 7) is 2.40. The molecule has 3 aliphatic carbocycles. The van der Waals surface area contributed by atoms with Crippen LogP contribution in [-0.4, -0.2) is 24.8 Å². The quantitative estimate of drug-likeness (QED) is 0.571. The van der Waals surface area contributed by atoms with E-state index in [0.29, 0.717) is 5.92 Å². The van der Waals surface area contributed by atoms with Crippen LogP contribution in [0.2, 0.25) is 0 Å². The number of halogens is 2. The first kappa shape index (κ1) is 18.0. The van der Waals surface area contributed by atoms with Gasteiger partial charge in [0.05, 0.1) is 11.5 Å². The van der Waals surface area contributed by atoms with Crippen molar-refractivity contribution in [3.05, 3.63) is 0 Å². The van der Waals surface area contributed by atoms with E-state index in [4.69, 9.17) is 16.3 Å². The average molecular weight is 345 g/mol. The van der Waals surface area contributed by atoms with Gasteiger partial charge in [0.15, 0.2) is 0 Å². The molecule has 3 aliphatic rings. The fourth-order valence-electron chi connectivity index (χ4n) is 5.66. The molecule has 4 atom stereocenters. The summed E-state index contributed by atoms with van der Waals surface area (Å²) in [4.78, 5) is 0. The summed E-state index contributed by atoms with van der Waals surface area (Å²) in [7, 11) is 1.66. The predicted molar refractivity (Wildman–Crippen MR) is 94.6 cm³/mol. The first-order valence-electron chi connectivity index (χ1n) is 9.91. The minimum atomic E-state index is -0.882. The van der Waals surface area contributed by atoms with Gasteiger partial charge in [-0.3, -0.25) is 0 Å². The Hall–Kier alpha value is 0.180. The van der Waals surface area contributed by atoms with Crippen molar-refractivity contribution in [2.45, 2.75) is 88.8 Å². The first-order valence-corrected chi connectivity index (χ1v) is 10.3. The van der Waals surface area contributed by atoms with Crippen molar-refractivity contribution < 1.29 is 9.13 Å². The Morgan fingerprint density at radius 1 is 0.783 bits per heavy atom. The molecule has 0 aromatic heterocycles. The summed E-state index contributed by atoms with van der Waals surface area (Å²) in [5, 5.41) is -0.448.